The molecule has 7 N–H and O–H groups in total. The van der Waals surface area contributed by atoms with E-state index in [0.717, 1.165) is 101 Å². The van der Waals surface area contributed by atoms with Crippen molar-refractivity contribution < 1.29 is 20.1 Å². The highest BCUT2D eigenvalue weighted by molar-refractivity contribution is 5.85. The van der Waals surface area contributed by atoms with Gasteiger partial charge in [0.15, 0.2) is 0 Å². The van der Waals surface area contributed by atoms with Crippen LogP contribution in [0.1, 0.15) is 110 Å². The number of fused-ring (bicyclic) bond motifs is 8. The molecule has 8 aromatic rings. The zero-order chi connectivity index (χ0) is 43.1. The summed E-state index contributed by atoms with van der Waals surface area (Å²) in [5, 5.41) is 35.5. The third-order valence-corrected chi connectivity index (χ3v) is 12.0. The first-order valence-corrected chi connectivity index (χ1v) is 22.3. The maximum absolute atomic E-state index is 10.7. The van der Waals surface area contributed by atoms with E-state index in [9.17, 15) is 15.3 Å². The van der Waals surface area contributed by atoms with Gasteiger partial charge in [0.05, 0.1) is 6.61 Å². The second kappa shape index (κ2) is 18.7. The third-order valence-electron chi connectivity index (χ3n) is 12.0. The molecule has 0 spiro atoms. The molecule has 0 fully saturated rings. The highest BCUT2D eigenvalue weighted by atomic mass is 16.5. The maximum Gasteiger partial charge on any atom is 0.119 e. The van der Waals surface area contributed by atoms with Gasteiger partial charge in [-0.3, -0.25) is 0 Å². The van der Waals surface area contributed by atoms with Gasteiger partial charge in [0.2, 0.25) is 0 Å². The van der Waals surface area contributed by atoms with Crippen molar-refractivity contribution in [3.63, 3.8) is 0 Å². The molecule has 8 heteroatoms. The number of rotatable bonds is 15. The van der Waals surface area contributed by atoms with Crippen LogP contribution in [-0.4, -0.2) is 41.9 Å². The monoisotopic (exact) mass is 834 g/mol. The van der Waals surface area contributed by atoms with Crippen molar-refractivity contribution >= 4 is 22.3 Å². The van der Waals surface area contributed by atoms with Crippen LogP contribution in [0, 0.1) is 0 Å². The van der Waals surface area contributed by atoms with Crippen molar-refractivity contribution in [3.05, 3.63) is 212 Å². The topological polar surface area (TPSA) is 133 Å². The van der Waals surface area contributed by atoms with Crippen molar-refractivity contribution in [3.8, 4) is 23.0 Å². The molecular weight excluding hydrogens is 781 g/mol. The average Bonchev–Trinajstić information content (AvgIpc) is 4.13. The van der Waals surface area contributed by atoms with E-state index in [-0.39, 0.29) is 17.2 Å². The van der Waals surface area contributed by atoms with E-state index < -0.39 is 0 Å². The molecule has 1 aliphatic rings. The predicted molar refractivity (Wildman–Crippen MR) is 252 cm³/mol. The highest BCUT2D eigenvalue weighted by Gasteiger charge is 2.19. The third kappa shape index (κ3) is 9.16. The van der Waals surface area contributed by atoms with E-state index in [4.69, 9.17) is 4.74 Å². The lowest BCUT2D eigenvalue weighted by Gasteiger charge is -2.11. The molecule has 63 heavy (non-hydrogen) atoms. The smallest absolute Gasteiger partial charge is 0.119 e. The summed E-state index contributed by atoms with van der Waals surface area (Å²) in [6.07, 6.45) is 11.4. The number of phenols is 3. The van der Waals surface area contributed by atoms with E-state index in [0.29, 0.717) is 6.61 Å². The van der Waals surface area contributed by atoms with Gasteiger partial charge in [-0.15, -0.1) is 0 Å². The van der Waals surface area contributed by atoms with Crippen molar-refractivity contribution in [1.29, 1.82) is 0 Å². The Morgan fingerprint density at radius 1 is 0.365 bits per heavy atom. The zero-order valence-corrected chi connectivity index (χ0v) is 35.7. The Morgan fingerprint density at radius 2 is 0.730 bits per heavy atom. The predicted octanol–water partition coefficient (Wildman–Crippen LogP) is 9.33. The Balaban J connectivity index is 1.19. The summed E-state index contributed by atoms with van der Waals surface area (Å²) < 4.78 is 6.25. The quantitative estimate of drug-likeness (QED) is 0.0519. The molecule has 0 aliphatic carbocycles. The van der Waals surface area contributed by atoms with Crippen molar-refractivity contribution in [2.75, 3.05) is 6.61 Å². The Labute approximate surface area is 367 Å². The summed E-state index contributed by atoms with van der Waals surface area (Å²) >= 11 is 0. The fourth-order valence-corrected chi connectivity index (χ4v) is 8.88. The van der Waals surface area contributed by atoms with Gasteiger partial charge in [0.1, 0.15) is 23.0 Å². The van der Waals surface area contributed by atoms with Crippen LogP contribution in [0.2, 0.25) is 0 Å². The van der Waals surface area contributed by atoms with E-state index in [1.165, 1.54) is 51.4 Å². The zero-order valence-electron chi connectivity index (χ0n) is 35.7. The van der Waals surface area contributed by atoms with Crippen molar-refractivity contribution in [1.82, 2.24) is 19.9 Å². The van der Waals surface area contributed by atoms with Crippen LogP contribution in [0.4, 0.5) is 0 Å². The van der Waals surface area contributed by atoms with Crippen molar-refractivity contribution in [2.45, 2.75) is 64.7 Å². The number of ether oxygens (including phenoxy) is 1. The standard InChI is InChI=1S/C55H54N4O4/c1-2-3-4-5-6-7-8-9-10-32-63-43-22-20-36(21-23-43)52-44-24-26-46(56-44)53(37-14-11-17-40(60)33-37)48-28-30-50(58-48)55(39-16-13-19-42(62)35-39)51-31-29-49(59-51)54(47-27-25-45(52)57-47)38-15-12-18-41(61)34-38/h11-31,33-35,56-62H,2-10,32H2,1H3. The first-order chi connectivity index (χ1) is 30.9. The van der Waals surface area contributed by atoms with Crippen LogP contribution in [-0.2, 0) is 0 Å². The van der Waals surface area contributed by atoms with Gasteiger partial charge < -0.3 is 40.0 Å². The lowest BCUT2D eigenvalue weighted by Crippen LogP contribution is -2.19. The fraction of sp³-hybridized carbons (Fsp3) is 0.200. The minimum absolute atomic E-state index is 0.158. The summed E-state index contributed by atoms with van der Waals surface area (Å²) in [6.45, 7) is 2.96. The Kier molecular flexibility index (Phi) is 12.2. The SMILES string of the molecule is CCCCCCCCCCCOc1ccc(C2=c3ccc([nH]3)=C(c3cccc(O)c3)c3ccc([nH]3)C(c3cccc(O)c3)=c3ccc([nH]3)=C(c3cccc(O)c3)c3ccc2[nH]3)cc1. The minimum atomic E-state index is 0.158. The van der Waals surface area contributed by atoms with Crippen molar-refractivity contribution in [2.24, 2.45) is 0 Å². The Bertz CT molecular complexity index is 3110. The molecule has 8 nitrogen and oxygen atoms in total. The number of hydrogen-bond donors (Lipinski definition) is 7. The molecule has 9 rings (SSSR count). The number of benzene rings is 4. The summed E-state index contributed by atoms with van der Waals surface area (Å²) in [5.41, 5.74) is 10.5. The van der Waals surface area contributed by atoms with Gasteiger partial charge in [-0.25, -0.2) is 0 Å². The van der Waals surface area contributed by atoms with Gasteiger partial charge in [0, 0.05) is 66.5 Å². The number of aromatic amines is 4. The molecule has 0 saturated heterocycles. The number of hydrogen-bond acceptors (Lipinski definition) is 4. The number of unbranched alkanes of at least 4 members (excludes halogenated alkanes) is 8. The second-order valence-electron chi connectivity index (χ2n) is 16.5. The van der Waals surface area contributed by atoms with E-state index >= 15 is 0 Å². The first-order valence-electron chi connectivity index (χ1n) is 22.3. The molecule has 1 aliphatic heterocycles. The fourth-order valence-electron chi connectivity index (χ4n) is 8.88. The summed E-state index contributed by atoms with van der Waals surface area (Å²) in [4.78, 5) is 15.0. The van der Waals surface area contributed by atoms with Crippen LogP contribution in [0.25, 0.3) is 22.3 Å². The van der Waals surface area contributed by atoms with Gasteiger partial charge in [-0.2, -0.15) is 0 Å². The molecule has 318 valence electrons. The van der Waals surface area contributed by atoms with Crippen LogP contribution >= 0.6 is 0 Å². The summed E-state index contributed by atoms with van der Waals surface area (Å²) in [6, 6.07) is 46.8. The normalized spacial score (nSPS) is 12.6. The second-order valence-corrected chi connectivity index (χ2v) is 16.5. The number of phenolic OH excluding ortho intramolecular Hbond substituents is 3. The molecule has 4 aromatic carbocycles. The van der Waals surface area contributed by atoms with Gasteiger partial charge in [0.25, 0.3) is 0 Å². The first kappa shape index (κ1) is 41.1. The summed E-state index contributed by atoms with van der Waals surface area (Å²) in [7, 11) is 0. The minimum Gasteiger partial charge on any atom is -0.508 e. The largest absolute Gasteiger partial charge is 0.508 e. The Morgan fingerprint density at radius 3 is 1.11 bits per heavy atom. The molecule has 0 unspecified atom stereocenters. The molecule has 5 heterocycles. The maximum atomic E-state index is 10.7. The molecule has 0 saturated carbocycles. The van der Waals surface area contributed by atoms with Gasteiger partial charge in [-0.05, 0) is 126 Å². The van der Waals surface area contributed by atoms with Gasteiger partial charge in [-0.1, -0.05) is 107 Å². The van der Waals surface area contributed by atoms with Gasteiger partial charge >= 0.3 is 0 Å². The molecule has 0 amide bonds. The van der Waals surface area contributed by atoms with Crippen LogP contribution < -0.4 is 26.1 Å². The lowest BCUT2D eigenvalue weighted by atomic mass is 10.0. The number of H-pyrrole nitrogens is 4. The lowest BCUT2D eigenvalue weighted by molar-refractivity contribution is 0.304. The van der Waals surface area contributed by atoms with E-state index in [2.05, 4.69) is 87.5 Å². The molecular formula is C55H54N4O4. The molecule has 0 radical (unpaired) electrons. The summed E-state index contributed by atoms with van der Waals surface area (Å²) in [5.74, 6) is 1.34. The average molecular weight is 835 g/mol. The Hall–Kier alpha value is -7.32. The molecule has 0 atom stereocenters. The van der Waals surface area contributed by atoms with E-state index in [1.807, 2.05) is 48.5 Å². The number of aromatic nitrogens is 4. The van der Waals surface area contributed by atoms with Crippen LogP contribution in [0.15, 0.2) is 146 Å². The number of aromatic hydroxyl groups is 3. The van der Waals surface area contributed by atoms with Crippen LogP contribution in [0.5, 0.6) is 23.0 Å². The molecule has 4 aromatic heterocycles. The van der Waals surface area contributed by atoms with E-state index in [1.54, 1.807) is 36.4 Å². The number of nitrogens with one attached hydrogen (secondary N) is 4. The highest BCUT2D eigenvalue weighted by Crippen LogP contribution is 2.30. The molecule has 8 bridgehead atoms. The van der Waals surface area contributed by atoms with Crippen LogP contribution in [0.3, 0.4) is 0 Å².